The minimum atomic E-state index is -1.39. The van der Waals surface area contributed by atoms with Gasteiger partial charge in [0, 0.05) is 13.0 Å². The zero-order valence-corrected chi connectivity index (χ0v) is 7.69. The van der Waals surface area contributed by atoms with Crippen molar-refractivity contribution in [2.45, 2.75) is 32.7 Å². The molecule has 5 heteroatoms. The van der Waals surface area contributed by atoms with Gasteiger partial charge in [-0.05, 0) is 19.8 Å². The fourth-order valence-corrected chi connectivity index (χ4v) is 1.97. The van der Waals surface area contributed by atoms with Crippen LogP contribution >= 0.6 is 0 Å². The molecule has 1 aromatic rings. The van der Waals surface area contributed by atoms with E-state index in [0.717, 1.165) is 37.3 Å². The first-order valence-electron chi connectivity index (χ1n) is 4.62. The third-order valence-corrected chi connectivity index (χ3v) is 2.55. The summed E-state index contributed by atoms with van der Waals surface area (Å²) in [7, 11) is -1.39. The molecule has 0 bridgehead atoms. The summed E-state index contributed by atoms with van der Waals surface area (Å²) < 4.78 is 1.93. The number of aromatic nitrogens is 2. The molecule has 0 aliphatic carbocycles. The molecule has 2 heterocycles. The van der Waals surface area contributed by atoms with E-state index in [-0.39, 0.29) is 0 Å². The second kappa shape index (κ2) is 3.16. The van der Waals surface area contributed by atoms with Crippen LogP contribution in [0.1, 0.15) is 24.4 Å². The molecule has 0 saturated carbocycles. The lowest BCUT2D eigenvalue weighted by atomic mass is 9.84. The van der Waals surface area contributed by atoms with E-state index in [1.807, 2.05) is 11.5 Å². The van der Waals surface area contributed by atoms with Crippen LogP contribution in [-0.4, -0.2) is 26.7 Å². The van der Waals surface area contributed by atoms with E-state index < -0.39 is 7.12 Å². The monoisotopic (exact) mass is 180 g/mol. The standard InChI is InChI=1S/C8H13BN2O2/c1-6-8(9(12)13)11-5-3-2-4-7(11)10-6/h12-13H,2-5H2,1H3. The molecule has 0 fully saturated rings. The summed E-state index contributed by atoms with van der Waals surface area (Å²) in [5, 5.41) is 18.3. The molecule has 1 aromatic heterocycles. The first kappa shape index (κ1) is 8.78. The topological polar surface area (TPSA) is 58.3 Å². The van der Waals surface area contributed by atoms with Crippen molar-refractivity contribution in [3.05, 3.63) is 11.5 Å². The highest BCUT2D eigenvalue weighted by atomic mass is 16.4. The third-order valence-electron chi connectivity index (χ3n) is 2.55. The second-order valence-corrected chi connectivity index (χ2v) is 3.48. The van der Waals surface area contributed by atoms with Gasteiger partial charge in [0.15, 0.2) is 0 Å². The molecule has 2 rings (SSSR count). The van der Waals surface area contributed by atoms with Crippen LogP contribution in [0.2, 0.25) is 0 Å². The van der Waals surface area contributed by atoms with Gasteiger partial charge in [-0.25, -0.2) is 4.98 Å². The van der Waals surface area contributed by atoms with Crippen LogP contribution in [0.4, 0.5) is 0 Å². The van der Waals surface area contributed by atoms with E-state index in [9.17, 15) is 0 Å². The van der Waals surface area contributed by atoms with Crippen LogP contribution in [0.3, 0.4) is 0 Å². The van der Waals surface area contributed by atoms with Gasteiger partial charge in [0.05, 0.1) is 11.3 Å². The van der Waals surface area contributed by atoms with Gasteiger partial charge in [0.1, 0.15) is 5.82 Å². The van der Waals surface area contributed by atoms with Crippen molar-refractivity contribution in [1.29, 1.82) is 0 Å². The van der Waals surface area contributed by atoms with Crippen molar-refractivity contribution in [2.24, 2.45) is 0 Å². The average molecular weight is 180 g/mol. The maximum absolute atomic E-state index is 9.14. The van der Waals surface area contributed by atoms with Crippen molar-refractivity contribution in [3.63, 3.8) is 0 Å². The minimum absolute atomic E-state index is 0.565. The Morgan fingerprint density at radius 1 is 1.38 bits per heavy atom. The Balaban J connectivity index is 2.48. The van der Waals surface area contributed by atoms with Crippen molar-refractivity contribution in [3.8, 4) is 0 Å². The van der Waals surface area contributed by atoms with E-state index in [4.69, 9.17) is 10.0 Å². The lowest BCUT2D eigenvalue weighted by Crippen LogP contribution is -2.39. The Morgan fingerprint density at radius 2 is 2.15 bits per heavy atom. The molecule has 2 N–H and O–H groups in total. The predicted octanol–water partition coefficient (Wildman–Crippen LogP) is -0.792. The molecule has 0 radical (unpaired) electrons. The summed E-state index contributed by atoms with van der Waals surface area (Å²) in [6.07, 6.45) is 3.20. The molecule has 1 aliphatic heterocycles. The lowest BCUT2D eigenvalue weighted by molar-refractivity contribution is 0.418. The Morgan fingerprint density at radius 3 is 2.85 bits per heavy atom. The van der Waals surface area contributed by atoms with E-state index in [1.165, 1.54) is 0 Å². The molecule has 0 spiro atoms. The predicted molar refractivity (Wildman–Crippen MR) is 49.7 cm³/mol. The van der Waals surface area contributed by atoms with Gasteiger partial charge in [0.2, 0.25) is 0 Å². The van der Waals surface area contributed by atoms with Gasteiger partial charge >= 0.3 is 7.12 Å². The second-order valence-electron chi connectivity index (χ2n) is 3.48. The van der Waals surface area contributed by atoms with Crippen molar-refractivity contribution in [2.75, 3.05) is 0 Å². The summed E-state index contributed by atoms with van der Waals surface area (Å²) in [5.74, 6) is 0.992. The van der Waals surface area contributed by atoms with Gasteiger partial charge < -0.3 is 14.6 Å². The van der Waals surface area contributed by atoms with E-state index >= 15 is 0 Å². The van der Waals surface area contributed by atoms with Crippen LogP contribution in [0.5, 0.6) is 0 Å². The zero-order chi connectivity index (χ0) is 9.42. The minimum Gasteiger partial charge on any atom is -0.422 e. The normalized spacial score (nSPS) is 15.6. The summed E-state index contributed by atoms with van der Waals surface area (Å²) >= 11 is 0. The fourth-order valence-electron chi connectivity index (χ4n) is 1.97. The largest absolute Gasteiger partial charge is 0.507 e. The molecule has 4 nitrogen and oxygen atoms in total. The molecule has 13 heavy (non-hydrogen) atoms. The molecule has 0 atom stereocenters. The molecule has 0 unspecified atom stereocenters. The van der Waals surface area contributed by atoms with Gasteiger partial charge in [-0.2, -0.15) is 0 Å². The maximum Gasteiger partial charge on any atom is 0.507 e. The average Bonchev–Trinajstić information content (AvgIpc) is 2.39. The van der Waals surface area contributed by atoms with Gasteiger partial charge in [-0.1, -0.05) is 0 Å². The Kier molecular flexibility index (Phi) is 2.13. The summed E-state index contributed by atoms with van der Waals surface area (Å²) in [6, 6.07) is 0. The SMILES string of the molecule is Cc1nc2n(c1B(O)O)CCCC2. The number of hydrogen-bond acceptors (Lipinski definition) is 3. The zero-order valence-electron chi connectivity index (χ0n) is 7.69. The number of hydrogen-bond donors (Lipinski definition) is 2. The van der Waals surface area contributed by atoms with Crippen molar-refractivity contribution in [1.82, 2.24) is 9.55 Å². The lowest BCUT2D eigenvalue weighted by Gasteiger charge is -2.15. The van der Waals surface area contributed by atoms with Crippen LogP contribution < -0.4 is 5.59 Å². The molecular formula is C8H13BN2O2. The maximum atomic E-state index is 9.14. The molecule has 0 amide bonds. The molecule has 0 saturated heterocycles. The molecule has 1 aliphatic rings. The highest BCUT2D eigenvalue weighted by molar-refractivity contribution is 6.58. The van der Waals surface area contributed by atoms with Crippen molar-refractivity contribution >= 4 is 12.7 Å². The highest BCUT2D eigenvalue weighted by Crippen LogP contribution is 2.12. The van der Waals surface area contributed by atoms with E-state index in [2.05, 4.69) is 4.98 Å². The quantitative estimate of drug-likeness (QED) is 0.556. The number of imidazole rings is 1. The van der Waals surface area contributed by atoms with Crippen LogP contribution in [0, 0.1) is 6.92 Å². The van der Waals surface area contributed by atoms with E-state index in [0.29, 0.717) is 5.59 Å². The number of rotatable bonds is 1. The smallest absolute Gasteiger partial charge is 0.422 e. The highest BCUT2D eigenvalue weighted by Gasteiger charge is 2.24. The van der Waals surface area contributed by atoms with Gasteiger partial charge in [0.25, 0.3) is 0 Å². The molecular weight excluding hydrogens is 167 g/mol. The van der Waals surface area contributed by atoms with Crippen LogP contribution in [0.15, 0.2) is 0 Å². The molecule has 0 aromatic carbocycles. The first-order valence-corrected chi connectivity index (χ1v) is 4.62. The van der Waals surface area contributed by atoms with Gasteiger partial charge in [-0.3, -0.25) is 0 Å². The Labute approximate surface area is 77.4 Å². The molecule has 70 valence electrons. The third kappa shape index (κ3) is 1.38. The van der Waals surface area contributed by atoms with Crippen LogP contribution in [0.25, 0.3) is 0 Å². The first-order chi connectivity index (χ1) is 6.20. The summed E-state index contributed by atoms with van der Waals surface area (Å²) in [6.45, 7) is 2.68. The number of aryl methyl sites for hydroxylation is 2. The Bertz CT molecular complexity index is 322. The van der Waals surface area contributed by atoms with Crippen LogP contribution in [-0.2, 0) is 13.0 Å². The summed E-state index contributed by atoms with van der Waals surface area (Å²) in [4.78, 5) is 4.32. The summed E-state index contributed by atoms with van der Waals surface area (Å²) in [5.41, 5.74) is 1.31. The van der Waals surface area contributed by atoms with Gasteiger partial charge in [-0.15, -0.1) is 0 Å². The number of fused-ring (bicyclic) bond motifs is 1. The van der Waals surface area contributed by atoms with Crippen molar-refractivity contribution < 1.29 is 10.0 Å². The van der Waals surface area contributed by atoms with E-state index in [1.54, 1.807) is 0 Å². The Hall–Kier alpha value is -0.805. The fraction of sp³-hybridized carbons (Fsp3) is 0.625. The number of nitrogens with zero attached hydrogens (tertiary/aromatic N) is 2.